The van der Waals surface area contributed by atoms with Crippen LogP contribution in [0.15, 0.2) is 6.20 Å². The Morgan fingerprint density at radius 3 is 2.94 bits per heavy atom. The number of H-pyrrole nitrogens is 1. The summed E-state index contributed by atoms with van der Waals surface area (Å²) in [4.78, 5) is 23.1. The number of carbonyl (C=O) groups excluding carboxylic acids is 1. The molecule has 94 valence electrons. The third-order valence-corrected chi connectivity index (χ3v) is 2.26. The van der Waals surface area contributed by atoms with Gasteiger partial charge in [0.2, 0.25) is 5.69 Å². The number of nitrogens with one attached hydrogen (secondary N) is 1. The molecule has 1 aromatic rings. The van der Waals surface area contributed by atoms with Crippen molar-refractivity contribution < 1.29 is 14.8 Å². The van der Waals surface area contributed by atoms with Crippen LogP contribution in [0.1, 0.15) is 23.8 Å². The highest BCUT2D eigenvalue weighted by Crippen LogP contribution is 2.16. The number of amides is 1. The molecule has 0 bridgehead atoms. The molecule has 0 fully saturated rings. The van der Waals surface area contributed by atoms with Gasteiger partial charge in [0.15, 0.2) is 0 Å². The predicted molar refractivity (Wildman–Crippen MR) is 58.5 cm³/mol. The molecule has 0 aliphatic heterocycles. The van der Waals surface area contributed by atoms with E-state index in [9.17, 15) is 14.9 Å². The van der Waals surface area contributed by atoms with Crippen LogP contribution >= 0.6 is 0 Å². The van der Waals surface area contributed by atoms with Gasteiger partial charge in [-0.2, -0.15) is 5.10 Å². The van der Waals surface area contributed by atoms with Crippen molar-refractivity contribution in [1.29, 1.82) is 0 Å². The summed E-state index contributed by atoms with van der Waals surface area (Å²) in [5.74, 6) is -0.519. The van der Waals surface area contributed by atoms with Crippen LogP contribution in [0.3, 0.4) is 0 Å². The molecule has 0 saturated heterocycles. The topological polar surface area (TPSA) is 112 Å². The molecule has 0 saturated carbocycles. The standard InChI is InChI=1S/C9H14N4O4/c1-6(14)3-4-12(2)9(15)8-7(13(16)17)5-10-11-8/h5-6,14H,3-4H2,1-2H3,(H,10,11). The molecular weight excluding hydrogens is 228 g/mol. The molecule has 1 unspecified atom stereocenters. The molecule has 0 radical (unpaired) electrons. The fourth-order valence-corrected chi connectivity index (χ4v) is 1.25. The van der Waals surface area contributed by atoms with Crippen molar-refractivity contribution in [3.8, 4) is 0 Å². The van der Waals surface area contributed by atoms with Gasteiger partial charge in [-0.3, -0.25) is 20.0 Å². The highest BCUT2D eigenvalue weighted by Gasteiger charge is 2.25. The first kappa shape index (κ1) is 13.1. The number of aromatic nitrogens is 2. The Hall–Kier alpha value is -1.96. The minimum Gasteiger partial charge on any atom is -0.393 e. The van der Waals surface area contributed by atoms with Gasteiger partial charge in [0.1, 0.15) is 6.20 Å². The maximum Gasteiger partial charge on any atom is 0.319 e. The highest BCUT2D eigenvalue weighted by molar-refractivity contribution is 5.95. The average molecular weight is 242 g/mol. The first-order valence-electron chi connectivity index (χ1n) is 5.04. The Morgan fingerprint density at radius 1 is 1.76 bits per heavy atom. The smallest absolute Gasteiger partial charge is 0.319 e. The van der Waals surface area contributed by atoms with E-state index in [1.807, 2.05) is 0 Å². The van der Waals surface area contributed by atoms with Crippen LogP contribution in [0.4, 0.5) is 5.69 Å². The number of aromatic amines is 1. The molecule has 0 spiro atoms. The van der Waals surface area contributed by atoms with E-state index >= 15 is 0 Å². The second-order valence-electron chi connectivity index (χ2n) is 3.75. The minimum absolute atomic E-state index is 0.150. The number of aliphatic hydroxyl groups excluding tert-OH is 1. The van der Waals surface area contributed by atoms with Crippen LogP contribution in [0.5, 0.6) is 0 Å². The summed E-state index contributed by atoms with van der Waals surface area (Å²) >= 11 is 0. The van der Waals surface area contributed by atoms with E-state index in [0.29, 0.717) is 13.0 Å². The quantitative estimate of drug-likeness (QED) is 0.564. The zero-order valence-electron chi connectivity index (χ0n) is 9.58. The van der Waals surface area contributed by atoms with Crippen LogP contribution in [0, 0.1) is 10.1 Å². The molecule has 0 aliphatic carbocycles. The van der Waals surface area contributed by atoms with Crippen LogP contribution in [-0.4, -0.2) is 50.7 Å². The van der Waals surface area contributed by atoms with E-state index in [1.165, 1.54) is 11.9 Å². The van der Waals surface area contributed by atoms with Crippen LogP contribution < -0.4 is 0 Å². The van der Waals surface area contributed by atoms with E-state index in [0.717, 1.165) is 6.20 Å². The largest absolute Gasteiger partial charge is 0.393 e. The number of hydrogen-bond acceptors (Lipinski definition) is 5. The van der Waals surface area contributed by atoms with Crippen molar-refractivity contribution in [3.05, 3.63) is 22.0 Å². The fourth-order valence-electron chi connectivity index (χ4n) is 1.25. The molecule has 1 amide bonds. The van der Waals surface area contributed by atoms with E-state index < -0.39 is 16.9 Å². The molecule has 8 nitrogen and oxygen atoms in total. The number of rotatable bonds is 5. The fraction of sp³-hybridized carbons (Fsp3) is 0.556. The van der Waals surface area contributed by atoms with Gasteiger partial charge in [-0.1, -0.05) is 0 Å². The van der Waals surface area contributed by atoms with Crippen LogP contribution in [0.25, 0.3) is 0 Å². The van der Waals surface area contributed by atoms with Gasteiger partial charge in [-0.25, -0.2) is 0 Å². The van der Waals surface area contributed by atoms with Crippen molar-refractivity contribution in [2.45, 2.75) is 19.4 Å². The molecule has 1 heterocycles. The lowest BCUT2D eigenvalue weighted by atomic mass is 10.2. The maximum absolute atomic E-state index is 11.8. The summed E-state index contributed by atoms with van der Waals surface area (Å²) in [6, 6.07) is 0. The van der Waals surface area contributed by atoms with Gasteiger partial charge in [0.05, 0.1) is 11.0 Å². The van der Waals surface area contributed by atoms with Crippen molar-refractivity contribution >= 4 is 11.6 Å². The Kier molecular flexibility index (Phi) is 4.16. The monoisotopic (exact) mass is 242 g/mol. The van der Waals surface area contributed by atoms with Gasteiger partial charge >= 0.3 is 5.69 Å². The predicted octanol–water partition coefficient (Wildman–Crippen LogP) is 0.161. The number of nitrogens with zero attached hydrogens (tertiary/aromatic N) is 3. The normalized spacial score (nSPS) is 12.2. The minimum atomic E-state index is -0.667. The molecule has 1 aromatic heterocycles. The zero-order valence-corrected chi connectivity index (χ0v) is 9.58. The first-order valence-corrected chi connectivity index (χ1v) is 5.04. The molecule has 0 aromatic carbocycles. The van der Waals surface area contributed by atoms with Gasteiger partial charge in [-0.15, -0.1) is 0 Å². The number of hydrogen-bond donors (Lipinski definition) is 2. The molecule has 2 N–H and O–H groups in total. The summed E-state index contributed by atoms with van der Waals surface area (Å²) < 4.78 is 0. The molecule has 8 heteroatoms. The lowest BCUT2D eigenvalue weighted by Crippen LogP contribution is -2.30. The van der Waals surface area contributed by atoms with E-state index in [-0.39, 0.29) is 11.4 Å². The van der Waals surface area contributed by atoms with Gasteiger partial charge in [0, 0.05) is 13.6 Å². The van der Waals surface area contributed by atoms with Crippen LogP contribution in [0.2, 0.25) is 0 Å². The third-order valence-electron chi connectivity index (χ3n) is 2.26. The molecular formula is C9H14N4O4. The SMILES string of the molecule is CC(O)CCN(C)C(=O)c1[nH]ncc1[N+](=O)[O-]. The van der Waals surface area contributed by atoms with Gasteiger partial charge in [-0.05, 0) is 13.3 Å². The van der Waals surface area contributed by atoms with Crippen LogP contribution in [-0.2, 0) is 0 Å². The van der Waals surface area contributed by atoms with E-state index in [1.54, 1.807) is 6.92 Å². The van der Waals surface area contributed by atoms with E-state index in [4.69, 9.17) is 5.11 Å². The Balaban J connectivity index is 2.75. The Morgan fingerprint density at radius 2 is 2.41 bits per heavy atom. The molecule has 17 heavy (non-hydrogen) atoms. The second kappa shape index (κ2) is 5.39. The summed E-state index contributed by atoms with van der Waals surface area (Å²) in [5, 5.41) is 25.5. The Bertz CT molecular complexity index is 415. The molecule has 0 aliphatic rings. The highest BCUT2D eigenvalue weighted by atomic mass is 16.6. The number of carbonyl (C=O) groups is 1. The van der Waals surface area contributed by atoms with Crippen molar-refractivity contribution in [1.82, 2.24) is 15.1 Å². The second-order valence-corrected chi connectivity index (χ2v) is 3.75. The van der Waals surface area contributed by atoms with Crippen molar-refractivity contribution in [2.75, 3.05) is 13.6 Å². The first-order chi connectivity index (χ1) is 7.93. The van der Waals surface area contributed by atoms with Crippen molar-refractivity contribution in [3.63, 3.8) is 0 Å². The van der Waals surface area contributed by atoms with Crippen molar-refractivity contribution in [2.24, 2.45) is 0 Å². The third kappa shape index (κ3) is 3.25. The summed E-state index contributed by atoms with van der Waals surface area (Å²) in [5.41, 5.74) is -0.498. The number of nitro groups is 1. The average Bonchev–Trinajstić information content (AvgIpc) is 2.73. The van der Waals surface area contributed by atoms with E-state index in [2.05, 4.69) is 10.2 Å². The number of aliphatic hydroxyl groups is 1. The zero-order chi connectivity index (χ0) is 13.0. The Labute approximate surface area is 97.4 Å². The summed E-state index contributed by atoms with van der Waals surface area (Å²) in [6.07, 6.45) is 0.877. The molecule has 1 rings (SSSR count). The molecule has 1 atom stereocenters. The lowest BCUT2D eigenvalue weighted by Gasteiger charge is -2.16. The lowest BCUT2D eigenvalue weighted by molar-refractivity contribution is -0.385. The van der Waals surface area contributed by atoms with Gasteiger partial charge < -0.3 is 10.0 Å². The summed E-state index contributed by atoms with van der Waals surface area (Å²) in [6.45, 7) is 1.92. The summed E-state index contributed by atoms with van der Waals surface area (Å²) in [7, 11) is 1.51. The maximum atomic E-state index is 11.8. The van der Waals surface area contributed by atoms with Gasteiger partial charge in [0.25, 0.3) is 5.91 Å².